The van der Waals surface area contributed by atoms with Crippen LogP contribution < -0.4 is 0 Å². The fourth-order valence-corrected chi connectivity index (χ4v) is 7.03. The molecule has 0 spiro atoms. The summed E-state index contributed by atoms with van der Waals surface area (Å²) in [6.45, 7) is 5.50. The zero-order valence-corrected chi connectivity index (χ0v) is 34.0. The maximum Gasteiger partial charge on any atom is 0.472 e. The normalized spacial score (nSPS) is 13.3. The monoisotopic (exact) mass is 733 g/mol. The van der Waals surface area contributed by atoms with Crippen LogP contribution in [0.15, 0.2) is 0 Å². The zero-order chi connectivity index (χ0) is 36.8. The Bertz CT molecular complexity index is 793. The summed E-state index contributed by atoms with van der Waals surface area (Å²) in [6.07, 6.45) is 37.3. The van der Waals surface area contributed by atoms with Crippen molar-refractivity contribution < 1.29 is 37.6 Å². The molecule has 8 nitrogen and oxygen atoms in total. The Morgan fingerprint density at radius 3 is 1.12 bits per heavy atom. The third-order valence-corrected chi connectivity index (χ3v) is 10.5. The molecule has 0 bridgehead atoms. The van der Waals surface area contributed by atoms with Gasteiger partial charge in [0.1, 0.15) is 6.61 Å². The minimum atomic E-state index is -4.27. The Labute approximate surface area is 308 Å². The van der Waals surface area contributed by atoms with E-state index in [1.807, 2.05) is 0 Å². The number of hydrogen-bond donors (Lipinski definition) is 1. The molecular weight excluding hydrogens is 651 g/mol. The molecule has 2 unspecified atom stereocenters. The van der Waals surface area contributed by atoms with Crippen LogP contribution in [0.1, 0.15) is 226 Å². The SMILES string of the molecule is CCCCCCCCCCCCCCCCCCCCCC(=O)OC(COC(=O)CCCCCCCCCCCCC)COP(=O)(O)OCC. The summed E-state index contributed by atoms with van der Waals surface area (Å²) in [5.74, 6) is -0.783. The molecular formula is C41H81O8P. The number of esters is 2. The Hall–Kier alpha value is -0.950. The molecule has 0 heterocycles. The molecule has 0 amide bonds. The van der Waals surface area contributed by atoms with Crippen molar-refractivity contribution >= 4 is 19.8 Å². The van der Waals surface area contributed by atoms with E-state index in [0.29, 0.717) is 6.42 Å². The van der Waals surface area contributed by atoms with Gasteiger partial charge in [0.25, 0.3) is 0 Å². The van der Waals surface area contributed by atoms with Gasteiger partial charge in [0, 0.05) is 12.8 Å². The minimum absolute atomic E-state index is 0.00553. The summed E-state index contributed by atoms with van der Waals surface area (Å²) >= 11 is 0. The molecule has 0 rings (SSSR count). The molecule has 1 N–H and O–H groups in total. The fourth-order valence-electron chi connectivity index (χ4n) is 6.28. The number of phosphoric ester groups is 1. The molecule has 0 fully saturated rings. The van der Waals surface area contributed by atoms with E-state index in [4.69, 9.17) is 18.5 Å². The van der Waals surface area contributed by atoms with E-state index in [1.165, 1.54) is 154 Å². The second-order valence-electron chi connectivity index (χ2n) is 14.4. The first-order valence-electron chi connectivity index (χ1n) is 21.3. The maximum atomic E-state index is 12.5. The number of hydrogen-bond acceptors (Lipinski definition) is 7. The van der Waals surface area contributed by atoms with Gasteiger partial charge in [0.2, 0.25) is 0 Å². The number of rotatable bonds is 40. The highest BCUT2D eigenvalue weighted by Crippen LogP contribution is 2.43. The lowest BCUT2D eigenvalue weighted by molar-refractivity contribution is -0.161. The van der Waals surface area contributed by atoms with Crippen molar-refractivity contribution in [3.8, 4) is 0 Å². The number of phosphoric acid groups is 1. The molecule has 0 radical (unpaired) electrons. The van der Waals surface area contributed by atoms with Gasteiger partial charge < -0.3 is 14.4 Å². The van der Waals surface area contributed by atoms with E-state index in [-0.39, 0.29) is 32.2 Å². The van der Waals surface area contributed by atoms with Gasteiger partial charge in [-0.05, 0) is 19.8 Å². The second-order valence-corrected chi connectivity index (χ2v) is 15.8. The summed E-state index contributed by atoms with van der Waals surface area (Å²) in [7, 11) is -4.27. The highest BCUT2D eigenvalue weighted by atomic mass is 31.2. The molecule has 2 atom stereocenters. The van der Waals surface area contributed by atoms with Gasteiger partial charge in [-0.3, -0.25) is 18.6 Å². The Morgan fingerprint density at radius 2 is 0.780 bits per heavy atom. The van der Waals surface area contributed by atoms with Crippen molar-refractivity contribution in [1.82, 2.24) is 0 Å². The van der Waals surface area contributed by atoms with Gasteiger partial charge in [-0.15, -0.1) is 0 Å². The van der Waals surface area contributed by atoms with Crippen LogP contribution in [-0.4, -0.2) is 42.8 Å². The van der Waals surface area contributed by atoms with Gasteiger partial charge in [-0.25, -0.2) is 4.57 Å². The van der Waals surface area contributed by atoms with E-state index >= 15 is 0 Å². The van der Waals surface area contributed by atoms with E-state index in [2.05, 4.69) is 13.8 Å². The minimum Gasteiger partial charge on any atom is -0.462 e. The topological polar surface area (TPSA) is 108 Å². The van der Waals surface area contributed by atoms with E-state index in [9.17, 15) is 19.0 Å². The number of carbonyl (C=O) groups is 2. The molecule has 0 saturated heterocycles. The van der Waals surface area contributed by atoms with Crippen molar-refractivity contribution in [2.45, 2.75) is 232 Å². The molecule has 0 aliphatic heterocycles. The van der Waals surface area contributed by atoms with Crippen molar-refractivity contribution in [2.24, 2.45) is 0 Å². The molecule has 0 aromatic carbocycles. The lowest BCUT2D eigenvalue weighted by Crippen LogP contribution is -2.29. The van der Waals surface area contributed by atoms with Crippen LogP contribution in [0.3, 0.4) is 0 Å². The average Bonchev–Trinajstić information content (AvgIpc) is 3.09. The van der Waals surface area contributed by atoms with Crippen molar-refractivity contribution in [3.05, 3.63) is 0 Å². The summed E-state index contributed by atoms with van der Waals surface area (Å²) < 4.78 is 32.6. The standard InChI is InChI=1S/C41H81O8P/c1-4-7-9-11-13-15-17-18-19-20-21-22-23-24-26-28-30-32-34-36-41(43)49-39(38-48-50(44,45)47-6-3)37-46-40(42)35-33-31-29-27-25-16-14-12-10-8-5-2/h39H,4-38H2,1-3H3,(H,44,45). The van der Waals surface area contributed by atoms with E-state index in [0.717, 1.165) is 38.5 Å². The Balaban J connectivity index is 4.00. The largest absolute Gasteiger partial charge is 0.472 e. The lowest BCUT2D eigenvalue weighted by Gasteiger charge is -2.19. The van der Waals surface area contributed by atoms with E-state index < -0.39 is 19.9 Å². The zero-order valence-electron chi connectivity index (χ0n) is 33.1. The van der Waals surface area contributed by atoms with Crippen LogP contribution in [0.2, 0.25) is 0 Å². The lowest BCUT2D eigenvalue weighted by atomic mass is 10.0. The summed E-state index contributed by atoms with van der Waals surface area (Å²) in [4.78, 5) is 34.6. The first-order valence-corrected chi connectivity index (χ1v) is 22.8. The highest BCUT2D eigenvalue weighted by molar-refractivity contribution is 7.47. The van der Waals surface area contributed by atoms with Crippen molar-refractivity contribution in [2.75, 3.05) is 19.8 Å². The predicted molar refractivity (Wildman–Crippen MR) is 207 cm³/mol. The smallest absolute Gasteiger partial charge is 0.462 e. The fraction of sp³-hybridized carbons (Fsp3) is 0.951. The van der Waals surface area contributed by atoms with Crippen LogP contribution in [-0.2, 0) is 32.7 Å². The molecule has 0 aromatic heterocycles. The summed E-state index contributed by atoms with van der Waals surface area (Å²) in [6, 6.07) is 0. The second kappa shape index (κ2) is 37.8. The first kappa shape index (κ1) is 49.0. The molecule has 50 heavy (non-hydrogen) atoms. The van der Waals surface area contributed by atoms with Gasteiger partial charge in [-0.2, -0.15) is 0 Å². The quantitative estimate of drug-likeness (QED) is 0.0377. The Morgan fingerprint density at radius 1 is 0.460 bits per heavy atom. The third-order valence-electron chi connectivity index (χ3n) is 9.41. The van der Waals surface area contributed by atoms with Crippen molar-refractivity contribution in [1.29, 1.82) is 0 Å². The van der Waals surface area contributed by atoms with Crippen LogP contribution in [0, 0.1) is 0 Å². The number of ether oxygens (including phenoxy) is 2. The molecule has 0 aliphatic carbocycles. The van der Waals surface area contributed by atoms with Crippen molar-refractivity contribution in [3.63, 3.8) is 0 Å². The molecule has 298 valence electrons. The Kier molecular flexibility index (Phi) is 37.1. The molecule has 9 heteroatoms. The summed E-state index contributed by atoms with van der Waals surface area (Å²) in [5, 5.41) is 0. The van der Waals surface area contributed by atoms with Crippen LogP contribution >= 0.6 is 7.82 Å². The van der Waals surface area contributed by atoms with Gasteiger partial charge in [0.15, 0.2) is 6.10 Å². The third kappa shape index (κ3) is 36.8. The maximum absolute atomic E-state index is 12.5. The molecule has 0 saturated carbocycles. The van der Waals surface area contributed by atoms with Gasteiger partial charge in [0.05, 0.1) is 13.2 Å². The molecule has 0 aliphatic rings. The molecule has 0 aromatic rings. The van der Waals surface area contributed by atoms with Gasteiger partial charge >= 0.3 is 19.8 Å². The van der Waals surface area contributed by atoms with E-state index in [1.54, 1.807) is 6.92 Å². The predicted octanol–water partition coefficient (Wildman–Crippen LogP) is 13.1. The summed E-state index contributed by atoms with van der Waals surface area (Å²) in [5.41, 5.74) is 0. The average molecular weight is 733 g/mol. The first-order chi connectivity index (χ1) is 24.3. The number of unbranched alkanes of at least 4 members (excludes halogenated alkanes) is 28. The number of carbonyl (C=O) groups excluding carboxylic acids is 2. The van der Waals surface area contributed by atoms with Crippen LogP contribution in [0.4, 0.5) is 0 Å². The van der Waals surface area contributed by atoms with Crippen LogP contribution in [0.5, 0.6) is 0 Å². The van der Waals surface area contributed by atoms with Crippen LogP contribution in [0.25, 0.3) is 0 Å². The highest BCUT2D eigenvalue weighted by Gasteiger charge is 2.25. The van der Waals surface area contributed by atoms with Gasteiger partial charge in [-0.1, -0.05) is 194 Å².